The van der Waals surface area contributed by atoms with Crippen LogP contribution in [-0.2, 0) is 11.2 Å². The van der Waals surface area contributed by atoms with Gasteiger partial charge in [-0.2, -0.15) is 0 Å². The van der Waals surface area contributed by atoms with Crippen LogP contribution in [0.5, 0.6) is 5.75 Å². The first-order valence-electron chi connectivity index (χ1n) is 8.16. The number of aromatic amines is 1. The highest BCUT2D eigenvalue weighted by Crippen LogP contribution is 2.29. The van der Waals surface area contributed by atoms with E-state index in [4.69, 9.17) is 4.74 Å². The standard InChI is InChI=1S/C17H18F3N3O3/c1-2-13-15(22-10-21-13)16(24)23-6-7-25-14(9-23)11-4-3-5-12(8-11)26-17(18,19)20/h3-5,8,10,14H,2,6-7,9H2,1H3,(H,21,22). The van der Waals surface area contributed by atoms with E-state index in [0.29, 0.717) is 24.2 Å². The third kappa shape index (κ3) is 4.16. The highest BCUT2D eigenvalue weighted by Gasteiger charge is 2.32. The number of alkyl halides is 3. The third-order valence-corrected chi connectivity index (χ3v) is 4.09. The molecule has 1 N–H and O–H groups in total. The van der Waals surface area contributed by atoms with Gasteiger partial charge in [0.15, 0.2) is 0 Å². The summed E-state index contributed by atoms with van der Waals surface area (Å²) in [6.45, 7) is 2.82. The Bertz CT molecular complexity index is 776. The zero-order valence-electron chi connectivity index (χ0n) is 14.0. The van der Waals surface area contributed by atoms with Crippen molar-refractivity contribution in [2.75, 3.05) is 19.7 Å². The minimum Gasteiger partial charge on any atom is -0.406 e. The fraction of sp³-hybridized carbons (Fsp3) is 0.412. The summed E-state index contributed by atoms with van der Waals surface area (Å²) in [6, 6.07) is 5.61. The number of aryl methyl sites for hydroxylation is 1. The van der Waals surface area contributed by atoms with Crippen molar-refractivity contribution in [2.24, 2.45) is 0 Å². The molecule has 0 aliphatic carbocycles. The van der Waals surface area contributed by atoms with Gasteiger partial charge in [-0.3, -0.25) is 4.79 Å². The highest BCUT2D eigenvalue weighted by atomic mass is 19.4. The van der Waals surface area contributed by atoms with Gasteiger partial charge in [0, 0.05) is 12.2 Å². The number of halogens is 3. The Morgan fingerprint density at radius 3 is 3.00 bits per heavy atom. The second kappa shape index (κ2) is 7.36. The van der Waals surface area contributed by atoms with Crippen molar-refractivity contribution in [2.45, 2.75) is 25.8 Å². The molecule has 1 atom stereocenters. The largest absolute Gasteiger partial charge is 0.573 e. The highest BCUT2D eigenvalue weighted by molar-refractivity contribution is 5.93. The fourth-order valence-electron chi connectivity index (χ4n) is 2.87. The van der Waals surface area contributed by atoms with Gasteiger partial charge in [0.05, 0.1) is 19.5 Å². The number of hydrogen-bond acceptors (Lipinski definition) is 4. The SMILES string of the molecule is CCc1[nH]cnc1C(=O)N1CCOC(c2cccc(OC(F)(F)F)c2)C1. The van der Waals surface area contributed by atoms with Crippen LogP contribution >= 0.6 is 0 Å². The smallest absolute Gasteiger partial charge is 0.406 e. The van der Waals surface area contributed by atoms with Crippen LogP contribution in [-0.4, -0.2) is 46.8 Å². The van der Waals surface area contributed by atoms with E-state index < -0.39 is 12.5 Å². The van der Waals surface area contributed by atoms with Crippen molar-refractivity contribution in [3.05, 3.63) is 47.5 Å². The number of nitrogens with one attached hydrogen (secondary N) is 1. The molecule has 1 saturated heterocycles. The maximum Gasteiger partial charge on any atom is 0.573 e. The molecule has 0 saturated carbocycles. The van der Waals surface area contributed by atoms with Crippen LogP contribution in [0.2, 0.25) is 0 Å². The zero-order valence-corrected chi connectivity index (χ0v) is 14.0. The Kier molecular flexibility index (Phi) is 5.17. The average molecular weight is 369 g/mol. The number of imidazole rings is 1. The number of hydrogen-bond donors (Lipinski definition) is 1. The number of morpholine rings is 1. The molecule has 1 amide bonds. The van der Waals surface area contributed by atoms with E-state index in [0.717, 1.165) is 5.69 Å². The van der Waals surface area contributed by atoms with Crippen LogP contribution in [0.4, 0.5) is 13.2 Å². The molecule has 0 radical (unpaired) electrons. The Hall–Kier alpha value is -2.55. The molecule has 3 rings (SSSR count). The molecule has 1 aliphatic heterocycles. The fourth-order valence-corrected chi connectivity index (χ4v) is 2.87. The molecular weight excluding hydrogens is 351 g/mol. The molecule has 0 bridgehead atoms. The first-order chi connectivity index (χ1) is 12.4. The van der Waals surface area contributed by atoms with E-state index in [1.807, 2.05) is 6.92 Å². The molecule has 0 spiro atoms. The quantitative estimate of drug-likeness (QED) is 0.899. The van der Waals surface area contributed by atoms with E-state index >= 15 is 0 Å². The molecule has 1 fully saturated rings. The summed E-state index contributed by atoms with van der Waals surface area (Å²) in [5.41, 5.74) is 1.63. The molecule has 2 aromatic rings. The van der Waals surface area contributed by atoms with Gasteiger partial charge < -0.3 is 19.4 Å². The van der Waals surface area contributed by atoms with Gasteiger partial charge in [0.1, 0.15) is 17.5 Å². The molecule has 2 heterocycles. The molecule has 1 aliphatic rings. The minimum absolute atomic E-state index is 0.223. The van der Waals surface area contributed by atoms with Crippen LogP contribution in [0.1, 0.15) is 34.8 Å². The second-order valence-corrected chi connectivity index (χ2v) is 5.81. The number of carbonyl (C=O) groups excluding carboxylic acids is 1. The summed E-state index contributed by atoms with van der Waals surface area (Å²) in [6.07, 6.45) is -3.17. The zero-order chi connectivity index (χ0) is 18.7. The second-order valence-electron chi connectivity index (χ2n) is 5.81. The van der Waals surface area contributed by atoms with Gasteiger partial charge in [-0.1, -0.05) is 19.1 Å². The Morgan fingerprint density at radius 1 is 1.46 bits per heavy atom. The number of H-pyrrole nitrogens is 1. The van der Waals surface area contributed by atoms with Gasteiger partial charge in [0.2, 0.25) is 0 Å². The van der Waals surface area contributed by atoms with Gasteiger partial charge in [-0.05, 0) is 24.1 Å². The van der Waals surface area contributed by atoms with Gasteiger partial charge in [-0.25, -0.2) is 4.98 Å². The van der Waals surface area contributed by atoms with Gasteiger partial charge in [0.25, 0.3) is 5.91 Å². The first-order valence-corrected chi connectivity index (χ1v) is 8.16. The summed E-state index contributed by atoms with van der Waals surface area (Å²) in [5.74, 6) is -0.540. The number of rotatable bonds is 4. The summed E-state index contributed by atoms with van der Waals surface area (Å²) in [7, 11) is 0. The van der Waals surface area contributed by atoms with Crippen LogP contribution in [0.3, 0.4) is 0 Å². The number of carbonyl (C=O) groups is 1. The normalized spacial score (nSPS) is 18.0. The predicted molar refractivity (Wildman–Crippen MR) is 85.7 cm³/mol. The summed E-state index contributed by atoms with van der Waals surface area (Å²) >= 11 is 0. The van der Waals surface area contributed by atoms with Crippen molar-refractivity contribution in [3.63, 3.8) is 0 Å². The number of amides is 1. The third-order valence-electron chi connectivity index (χ3n) is 4.09. The van der Waals surface area contributed by atoms with Crippen molar-refractivity contribution < 1.29 is 27.4 Å². The van der Waals surface area contributed by atoms with E-state index in [1.165, 1.54) is 24.5 Å². The predicted octanol–water partition coefficient (Wildman–Crippen LogP) is 3.08. The lowest BCUT2D eigenvalue weighted by molar-refractivity contribution is -0.274. The molecule has 1 unspecified atom stereocenters. The molecule has 140 valence electrons. The minimum atomic E-state index is -4.76. The monoisotopic (exact) mass is 369 g/mol. The molecular formula is C17H18F3N3O3. The Balaban J connectivity index is 1.74. The van der Waals surface area contributed by atoms with Crippen molar-refractivity contribution in [1.29, 1.82) is 0 Å². The Labute approximate surface area is 147 Å². The lowest BCUT2D eigenvalue weighted by atomic mass is 10.1. The van der Waals surface area contributed by atoms with Gasteiger partial charge >= 0.3 is 6.36 Å². The molecule has 6 nitrogen and oxygen atoms in total. The van der Waals surface area contributed by atoms with Crippen LogP contribution in [0.25, 0.3) is 0 Å². The lowest BCUT2D eigenvalue weighted by Gasteiger charge is -2.33. The topological polar surface area (TPSA) is 67.5 Å². The van der Waals surface area contributed by atoms with Crippen LogP contribution in [0.15, 0.2) is 30.6 Å². The number of ether oxygens (including phenoxy) is 2. The maximum atomic E-state index is 12.7. The van der Waals surface area contributed by atoms with Crippen molar-refractivity contribution >= 4 is 5.91 Å². The molecule has 1 aromatic heterocycles. The number of nitrogens with zero attached hydrogens (tertiary/aromatic N) is 2. The summed E-state index contributed by atoms with van der Waals surface area (Å²) in [4.78, 5) is 21.3. The first kappa shape index (κ1) is 18.2. The van der Waals surface area contributed by atoms with Crippen molar-refractivity contribution in [3.8, 4) is 5.75 Å². The summed E-state index contributed by atoms with van der Waals surface area (Å²) < 4.78 is 46.8. The van der Waals surface area contributed by atoms with E-state index in [9.17, 15) is 18.0 Å². The van der Waals surface area contributed by atoms with E-state index in [-0.39, 0.29) is 24.8 Å². The molecule has 1 aromatic carbocycles. The molecule has 9 heteroatoms. The van der Waals surface area contributed by atoms with Crippen LogP contribution < -0.4 is 4.74 Å². The molecule has 26 heavy (non-hydrogen) atoms. The lowest BCUT2D eigenvalue weighted by Crippen LogP contribution is -2.42. The average Bonchev–Trinajstić information content (AvgIpc) is 3.08. The van der Waals surface area contributed by atoms with Crippen LogP contribution in [0, 0.1) is 0 Å². The van der Waals surface area contributed by atoms with E-state index in [1.54, 1.807) is 11.0 Å². The van der Waals surface area contributed by atoms with E-state index in [2.05, 4.69) is 14.7 Å². The van der Waals surface area contributed by atoms with Gasteiger partial charge in [-0.15, -0.1) is 13.2 Å². The number of aromatic nitrogens is 2. The summed E-state index contributed by atoms with van der Waals surface area (Å²) in [5, 5.41) is 0. The number of benzene rings is 1. The maximum absolute atomic E-state index is 12.7. The Morgan fingerprint density at radius 2 is 2.27 bits per heavy atom. The van der Waals surface area contributed by atoms with Crippen molar-refractivity contribution in [1.82, 2.24) is 14.9 Å².